The fourth-order valence-electron chi connectivity index (χ4n) is 2.38. The average Bonchev–Trinajstić information content (AvgIpc) is 2.97. The van der Waals surface area contributed by atoms with Gasteiger partial charge in [0.05, 0.1) is 6.61 Å². The summed E-state index contributed by atoms with van der Waals surface area (Å²) in [6.07, 6.45) is 2.59. The SMILES string of the molecule is CCOc1ncccc1NC(=O)c1ccc2c(c1)CCN2. The Hall–Kier alpha value is -2.56. The van der Waals surface area contributed by atoms with Crippen molar-refractivity contribution < 1.29 is 9.53 Å². The van der Waals surface area contributed by atoms with E-state index < -0.39 is 0 Å². The molecule has 3 rings (SSSR count). The molecule has 0 bridgehead atoms. The molecule has 1 aromatic heterocycles. The van der Waals surface area contributed by atoms with Crippen molar-refractivity contribution in [3.8, 4) is 5.88 Å². The maximum Gasteiger partial charge on any atom is 0.255 e. The van der Waals surface area contributed by atoms with E-state index >= 15 is 0 Å². The van der Waals surface area contributed by atoms with Crippen molar-refractivity contribution >= 4 is 17.3 Å². The first kappa shape index (κ1) is 13.4. The summed E-state index contributed by atoms with van der Waals surface area (Å²) >= 11 is 0. The van der Waals surface area contributed by atoms with Crippen LogP contribution in [-0.4, -0.2) is 24.0 Å². The third kappa shape index (κ3) is 2.81. The van der Waals surface area contributed by atoms with E-state index in [2.05, 4.69) is 15.6 Å². The zero-order valence-corrected chi connectivity index (χ0v) is 11.8. The molecule has 0 radical (unpaired) electrons. The number of anilines is 2. The second-order valence-corrected chi connectivity index (χ2v) is 4.79. The van der Waals surface area contributed by atoms with Gasteiger partial charge in [0.1, 0.15) is 5.69 Å². The van der Waals surface area contributed by atoms with Crippen LogP contribution in [0.3, 0.4) is 0 Å². The number of pyridine rings is 1. The Morgan fingerprint density at radius 2 is 2.33 bits per heavy atom. The number of benzene rings is 1. The summed E-state index contributed by atoms with van der Waals surface area (Å²) in [6.45, 7) is 3.32. The Balaban J connectivity index is 1.80. The van der Waals surface area contributed by atoms with Crippen molar-refractivity contribution in [2.45, 2.75) is 13.3 Å². The molecule has 0 fully saturated rings. The number of carbonyl (C=O) groups is 1. The van der Waals surface area contributed by atoms with E-state index in [0.717, 1.165) is 18.7 Å². The number of ether oxygens (including phenoxy) is 1. The van der Waals surface area contributed by atoms with Crippen molar-refractivity contribution in [3.05, 3.63) is 47.7 Å². The molecule has 1 aliphatic rings. The van der Waals surface area contributed by atoms with Gasteiger partial charge in [-0.2, -0.15) is 0 Å². The summed E-state index contributed by atoms with van der Waals surface area (Å²) in [5.41, 5.74) is 3.52. The van der Waals surface area contributed by atoms with Gasteiger partial charge in [0.15, 0.2) is 0 Å². The highest BCUT2D eigenvalue weighted by Gasteiger charge is 2.15. The zero-order valence-electron chi connectivity index (χ0n) is 11.8. The molecule has 0 spiro atoms. The lowest BCUT2D eigenvalue weighted by molar-refractivity contribution is 0.102. The molecule has 2 N–H and O–H groups in total. The molecule has 0 atom stereocenters. The molecule has 2 heterocycles. The van der Waals surface area contributed by atoms with Gasteiger partial charge >= 0.3 is 0 Å². The lowest BCUT2D eigenvalue weighted by atomic mass is 10.1. The van der Waals surface area contributed by atoms with Crippen LogP contribution in [0.15, 0.2) is 36.5 Å². The van der Waals surface area contributed by atoms with Gasteiger partial charge < -0.3 is 15.4 Å². The van der Waals surface area contributed by atoms with Gasteiger partial charge in [0, 0.05) is 24.0 Å². The zero-order chi connectivity index (χ0) is 14.7. The summed E-state index contributed by atoms with van der Waals surface area (Å²) in [4.78, 5) is 16.5. The minimum absolute atomic E-state index is 0.154. The maximum absolute atomic E-state index is 12.4. The van der Waals surface area contributed by atoms with Crippen LogP contribution in [-0.2, 0) is 6.42 Å². The Kier molecular flexibility index (Phi) is 3.73. The van der Waals surface area contributed by atoms with Crippen molar-refractivity contribution in [2.24, 2.45) is 0 Å². The fourth-order valence-corrected chi connectivity index (χ4v) is 2.38. The lowest BCUT2D eigenvalue weighted by Gasteiger charge is -2.10. The molecule has 5 heteroatoms. The summed E-state index contributed by atoms with van der Waals surface area (Å²) in [5, 5.41) is 6.14. The molecule has 0 unspecified atom stereocenters. The molecule has 1 amide bonds. The Morgan fingerprint density at radius 3 is 3.19 bits per heavy atom. The van der Waals surface area contributed by atoms with Crippen molar-refractivity contribution in [3.63, 3.8) is 0 Å². The van der Waals surface area contributed by atoms with E-state index in [-0.39, 0.29) is 5.91 Å². The van der Waals surface area contributed by atoms with Crippen LogP contribution in [0, 0.1) is 0 Å². The third-order valence-corrected chi connectivity index (χ3v) is 3.38. The summed E-state index contributed by atoms with van der Waals surface area (Å²) < 4.78 is 5.41. The second-order valence-electron chi connectivity index (χ2n) is 4.79. The number of fused-ring (bicyclic) bond motifs is 1. The van der Waals surface area contributed by atoms with Crippen molar-refractivity contribution in [1.29, 1.82) is 0 Å². The maximum atomic E-state index is 12.4. The minimum atomic E-state index is -0.154. The molecular weight excluding hydrogens is 266 g/mol. The van der Waals surface area contributed by atoms with Crippen LogP contribution in [0.1, 0.15) is 22.8 Å². The highest BCUT2D eigenvalue weighted by atomic mass is 16.5. The van der Waals surface area contributed by atoms with E-state index in [1.54, 1.807) is 18.3 Å². The molecule has 21 heavy (non-hydrogen) atoms. The van der Waals surface area contributed by atoms with Gasteiger partial charge in [-0.25, -0.2) is 4.98 Å². The first-order chi connectivity index (χ1) is 10.3. The highest BCUT2D eigenvalue weighted by molar-refractivity contribution is 6.05. The second kappa shape index (κ2) is 5.83. The first-order valence-electron chi connectivity index (χ1n) is 7.04. The van der Waals surface area contributed by atoms with E-state index in [4.69, 9.17) is 4.74 Å². The molecule has 2 aromatic rings. The van der Waals surface area contributed by atoms with Gasteiger partial charge in [-0.05, 0) is 49.2 Å². The summed E-state index contributed by atoms with van der Waals surface area (Å²) in [5.74, 6) is 0.287. The minimum Gasteiger partial charge on any atom is -0.476 e. The first-order valence-corrected chi connectivity index (χ1v) is 7.04. The predicted octanol–water partition coefficient (Wildman–Crippen LogP) is 2.70. The smallest absolute Gasteiger partial charge is 0.255 e. The van der Waals surface area contributed by atoms with Gasteiger partial charge in [-0.1, -0.05) is 0 Å². The monoisotopic (exact) mass is 283 g/mol. The third-order valence-electron chi connectivity index (χ3n) is 3.38. The van der Waals surface area contributed by atoms with E-state index in [0.29, 0.717) is 23.7 Å². The quantitative estimate of drug-likeness (QED) is 0.905. The van der Waals surface area contributed by atoms with E-state index in [9.17, 15) is 4.79 Å². The number of hydrogen-bond donors (Lipinski definition) is 2. The molecule has 1 aliphatic heterocycles. The van der Waals surface area contributed by atoms with Gasteiger partial charge in [-0.15, -0.1) is 0 Å². The molecule has 108 valence electrons. The van der Waals surface area contributed by atoms with E-state index in [1.807, 2.05) is 25.1 Å². The van der Waals surface area contributed by atoms with E-state index in [1.165, 1.54) is 5.56 Å². The number of carbonyl (C=O) groups excluding carboxylic acids is 1. The van der Waals surface area contributed by atoms with Crippen molar-refractivity contribution in [2.75, 3.05) is 23.8 Å². The predicted molar refractivity (Wildman–Crippen MR) is 82.0 cm³/mol. The molecule has 1 aromatic carbocycles. The summed E-state index contributed by atoms with van der Waals surface area (Å²) in [7, 11) is 0. The van der Waals surface area contributed by atoms with Gasteiger partial charge in [0.2, 0.25) is 5.88 Å². The Labute approximate surface area is 123 Å². The summed E-state index contributed by atoms with van der Waals surface area (Å²) in [6, 6.07) is 9.25. The Morgan fingerprint density at radius 1 is 1.43 bits per heavy atom. The standard InChI is InChI=1S/C16H17N3O2/c1-2-21-16-14(4-3-8-18-16)19-15(20)12-5-6-13-11(10-12)7-9-17-13/h3-6,8,10,17H,2,7,9H2,1H3,(H,19,20). The van der Waals surface area contributed by atoms with Crippen LogP contribution < -0.4 is 15.4 Å². The number of amides is 1. The average molecular weight is 283 g/mol. The van der Waals surface area contributed by atoms with Gasteiger partial charge in [0.25, 0.3) is 5.91 Å². The van der Waals surface area contributed by atoms with Crippen molar-refractivity contribution in [1.82, 2.24) is 4.98 Å². The Bertz CT molecular complexity index is 670. The number of nitrogens with one attached hydrogen (secondary N) is 2. The van der Waals surface area contributed by atoms with Crippen LogP contribution in [0.4, 0.5) is 11.4 Å². The van der Waals surface area contributed by atoms with Crippen LogP contribution >= 0.6 is 0 Å². The van der Waals surface area contributed by atoms with Crippen LogP contribution in [0.2, 0.25) is 0 Å². The normalized spacial score (nSPS) is 12.4. The molecular formula is C16H17N3O2. The molecule has 0 saturated carbocycles. The number of aromatic nitrogens is 1. The number of rotatable bonds is 4. The molecule has 0 saturated heterocycles. The topological polar surface area (TPSA) is 63.2 Å². The number of hydrogen-bond acceptors (Lipinski definition) is 4. The molecule has 5 nitrogen and oxygen atoms in total. The highest BCUT2D eigenvalue weighted by Crippen LogP contribution is 2.25. The van der Waals surface area contributed by atoms with Crippen LogP contribution in [0.25, 0.3) is 0 Å². The molecule has 0 aliphatic carbocycles. The largest absolute Gasteiger partial charge is 0.476 e. The number of nitrogens with zero attached hydrogens (tertiary/aromatic N) is 1. The fraction of sp³-hybridized carbons (Fsp3) is 0.250. The van der Waals surface area contributed by atoms with Gasteiger partial charge in [-0.3, -0.25) is 4.79 Å². The lowest BCUT2D eigenvalue weighted by Crippen LogP contribution is -2.13. The van der Waals surface area contributed by atoms with Crippen LogP contribution in [0.5, 0.6) is 5.88 Å².